The van der Waals surface area contributed by atoms with Gasteiger partial charge in [0.15, 0.2) is 0 Å². The standard InChI is InChI=1S/C17H19ClN2/c1-12(14-5-2-6-15(18)10-14)20-9-8-13-4-3-7-17(19)16(13)11-20/h2-7,10,12H,8-9,11,19H2,1H3. The lowest BCUT2D eigenvalue weighted by atomic mass is 9.96. The van der Waals surface area contributed by atoms with Gasteiger partial charge in [-0.2, -0.15) is 0 Å². The average molecular weight is 287 g/mol. The van der Waals surface area contributed by atoms with Crippen LogP contribution < -0.4 is 5.73 Å². The minimum absolute atomic E-state index is 0.349. The molecule has 0 radical (unpaired) electrons. The topological polar surface area (TPSA) is 29.3 Å². The number of hydrogen-bond acceptors (Lipinski definition) is 2. The molecule has 1 unspecified atom stereocenters. The molecule has 0 saturated heterocycles. The van der Waals surface area contributed by atoms with Crippen molar-refractivity contribution in [3.63, 3.8) is 0 Å². The van der Waals surface area contributed by atoms with Gasteiger partial charge in [0.05, 0.1) is 0 Å². The van der Waals surface area contributed by atoms with Gasteiger partial charge in [0, 0.05) is 29.8 Å². The number of halogens is 1. The Morgan fingerprint density at radius 3 is 2.80 bits per heavy atom. The Balaban J connectivity index is 1.85. The van der Waals surface area contributed by atoms with Gasteiger partial charge in [-0.1, -0.05) is 35.9 Å². The minimum atomic E-state index is 0.349. The van der Waals surface area contributed by atoms with Crippen LogP contribution in [-0.2, 0) is 13.0 Å². The van der Waals surface area contributed by atoms with Crippen LogP contribution in [0.3, 0.4) is 0 Å². The first-order valence-corrected chi connectivity index (χ1v) is 7.38. The van der Waals surface area contributed by atoms with Crippen molar-refractivity contribution in [2.45, 2.75) is 25.9 Å². The molecule has 1 aliphatic rings. The van der Waals surface area contributed by atoms with Gasteiger partial charge < -0.3 is 5.73 Å². The molecule has 3 rings (SSSR count). The highest BCUT2D eigenvalue weighted by molar-refractivity contribution is 6.30. The number of hydrogen-bond donors (Lipinski definition) is 1. The molecule has 0 saturated carbocycles. The largest absolute Gasteiger partial charge is 0.398 e. The fourth-order valence-electron chi connectivity index (χ4n) is 2.94. The predicted molar refractivity (Wildman–Crippen MR) is 84.8 cm³/mol. The Hall–Kier alpha value is -1.51. The van der Waals surface area contributed by atoms with Crippen LogP contribution >= 0.6 is 11.6 Å². The Morgan fingerprint density at radius 1 is 1.20 bits per heavy atom. The Bertz CT molecular complexity index is 624. The molecule has 2 aromatic rings. The summed E-state index contributed by atoms with van der Waals surface area (Å²) >= 11 is 6.10. The average Bonchev–Trinajstić information content (AvgIpc) is 2.47. The summed E-state index contributed by atoms with van der Waals surface area (Å²) in [5, 5.41) is 0.797. The second-order valence-electron chi connectivity index (χ2n) is 5.44. The van der Waals surface area contributed by atoms with Crippen LogP contribution in [0, 0.1) is 0 Å². The van der Waals surface area contributed by atoms with E-state index in [4.69, 9.17) is 17.3 Å². The molecule has 0 amide bonds. The third kappa shape index (κ3) is 2.54. The van der Waals surface area contributed by atoms with Gasteiger partial charge in [0.1, 0.15) is 0 Å². The molecular weight excluding hydrogens is 268 g/mol. The fraction of sp³-hybridized carbons (Fsp3) is 0.294. The van der Waals surface area contributed by atoms with Crippen molar-refractivity contribution in [3.8, 4) is 0 Å². The van der Waals surface area contributed by atoms with E-state index in [1.165, 1.54) is 16.7 Å². The van der Waals surface area contributed by atoms with E-state index in [9.17, 15) is 0 Å². The first-order valence-electron chi connectivity index (χ1n) is 7.01. The van der Waals surface area contributed by atoms with Gasteiger partial charge in [-0.3, -0.25) is 4.90 Å². The summed E-state index contributed by atoms with van der Waals surface area (Å²) in [5.41, 5.74) is 11.0. The molecule has 0 fully saturated rings. The smallest absolute Gasteiger partial charge is 0.0409 e. The molecule has 0 spiro atoms. The zero-order chi connectivity index (χ0) is 14.1. The number of rotatable bonds is 2. The molecule has 2 aromatic carbocycles. The quantitative estimate of drug-likeness (QED) is 0.844. The summed E-state index contributed by atoms with van der Waals surface area (Å²) in [5.74, 6) is 0. The lowest BCUT2D eigenvalue weighted by Gasteiger charge is -2.34. The van der Waals surface area contributed by atoms with Gasteiger partial charge in [-0.25, -0.2) is 0 Å². The fourth-order valence-corrected chi connectivity index (χ4v) is 3.13. The molecule has 0 aromatic heterocycles. The molecule has 1 heterocycles. The van der Waals surface area contributed by atoms with Crippen molar-refractivity contribution < 1.29 is 0 Å². The van der Waals surface area contributed by atoms with Gasteiger partial charge in [0.2, 0.25) is 0 Å². The molecule has 20 heavy (non-hydrogen) atoms. The van der Waals surface area contributed by atoms with Crippen LogP contribution in [0.15, 0.2) is 42.5 Å². The number of nitrogen functional groups attached to an aromatic ring is 1. The lowest BCUT2D eigenvalue weighted by Crippen LogP contribution is -2.33. The summed E-state index contributed by atoms with van der Waals surface area (Å²) in [6.45, 7) is 4.20. The normalized spacial score (nSPS) is 16.7. The summed E-state index contributed by atoms with van der Waals surface area (Å²) < 4.78 is 0. The summed E-state index contributed by atoms with van der Waals surface area (Å²) in [6.07, 6.45) is 1.06. The zero-order valence-electron chi connectivity index (χ0n) is 11.6. The van der Waals surface area contributed by atoms with Crippen LogP contribution in [0.25, 0.3) is 0 Å². The van der Waals surface area contributed by atoms with Gasteiger partial charge in [0.25, 0.3) is 0 Å². The van der Waals surface area contributed by atoms with E-state index in [1.54, 1.807) is 0 Å². The number of fused-ring (bicyclic) bond motifs is 1. The van der Waals surface area contributed by atoms with Crippen molar-refractivity contribution in [2.75, 3.05) is 12.3 Å². The summed E-state index contributed by atoms with van der Waals surface area (Å²) in [4.78, 5) is 2.46. The van der Waals surface area contributed by atoms with Crippen molar-refractivity contribution in [1.29, 1.82) is 0 Å². The monoisotopic (exact) mass is 286 g/mol. The van der Waals surface area contributed by atoms with Crippen LogP contribution in [0.2, 0.25) is 5.02 Å². The van der Waals surface area contributed by atoms with Crippen LogP contribution in [0.5, 0.6) is 0 Å². The first-order chi connectivity index (χ1) is 9.65. The molecule has 0 bridgehead atoms. The third-order valence-electron chi connectivity index (χ3n) is 4.22. The molecule has 1 atom stereocenters. The van der Waals surface area contributed by atoms with E-state index in [0.29, 0.717) is 6.04 Å². The number of benzene rings is 2. The number of nitrogens with two attached hydrogens (primary N) is 1. The Kier molecular flexibility index (Phi) is 3.68. The molecule has 2 nitrogen and oxygen atoms in total. The number of anilines is 1. The summed E-state index contributed by atoms with van der Waals surface area (Å²) in [6, 6.07) is 14.7. The lowest BCUT2D eigenvalue weighted by molar-refractivity contribution is 0.192. The molecule has 0 aliphatic carbocycles. The highest BCUT2D eigenvalue weighted by Gasteiger charge is 2.22. The van der Waals surface area contributed by atoms with E-state index in [1.807, 2.05) is 24.3 Å². The van der Waals surface area contributed by atoms with Crippen molar-refractivity contribution >= 4 is 17.3 Å². The number of nitrogens with zero attached hydrogens (tertiary/aromatic N) is 1. The maximum atomic E-state index is 6.12. The Morgan fingerprint density at radius 2 is 2.00 bits per heavy atom. The second kappa shape index (κ2) is 5.47. The van der Waals surface area contributed by atoms with Crippen molar-refractivity contribution in [2.24, 2.45) is 0 Å². The molecule has 2 N–H and O–H groups in total. The SMILES string of the molecule is CC(c1cccc(Cl)c1)N1CCc2cccc(N)c2C1. The van der Waals surface area contributed by atoms with E-state index in [2.05, 4.69) is 30.0 Å². The highest BCUT2D eigenvalue weighted by Crippen LogP contribution is 2.30. The second-order valence-corrected chi connectivity index (χ2v) is 5.87. The minimum Gasteiger partial charge on any atom is -0.398 e. The highest BCUT2D eigenvalue weighted by atomic mass is 35.5. The maximum absolute atomic E-state index is 6.12. The van der Waals surface area contributed by atoms with E-state index in [-0.39, 0.29) is 0 Å². The van der Waals surface area contributed by atoms with Crippen LogP contribution in [0.1, 0.15) is 29.7 Å². The van der Waals surface area contributed by atoms with E-state index in [0.717, 1.165) is 30.2 Å². The van der Waals surface area contributed by atoms with Crippen LogP contribution in [0.4, 0.5) is 5.69 Å². The first kappa shape index (κ1) is 13.5. The van der Waals surface area contributed by atoms with Gasteiger partial charge in [-0.05, 0) is 48.2 Å². The predicted octanol–water partition coefficient (Wildman–Crippen LogP) is 4.04. The van der Waals surface area contributed by atoms with Crippen LogP contribution in [-0.4, -0.2) is 11.4 Å². The van der Waals surface area contributed by atoms with Crippen molar-refractivity contribution in [1.82, 2.24) is 4.90 Å². The molecular formula is C17H19ClN2. The van der Waals surface area contributed by atoms with E-state index < -0.39 is 0 Å². The summed E-state index contributed by atoms with van der Waals surface area (Å²) in [7, 11) is 0. The van der Waals surface area contributed by atoms with Crippen molar-refractivity contribution in [3.05, 3.63) is 64.2 Å². The van der Waals surface area contributed by atoms with Gasteiger partial charge >= 0.3 is 0 Å². The van der Waals surface area contributed by atoms with Gasteiger partial charge in [-0.15, -0.1) is 0 Å². The molecule has 3 heteroatoms. The zero-order valence-corrected chi connectivity index (χ0v) is 12.4. The third-order valence-corrected chi connectivity index (χ3v) is 4.45. The molecule has 104 valence electrons. The molecule has 1 aliphatic heterocycles. The maximum Gasteiger partial charge on any atom is 0.0409 e. The Labute approximate surface area is 125 Å². The van der Waals surface area contributed by atoms with E-state index >= 15 is 0 Å².